The van der Waals surface area contributed by atoms with Crippen LogP contribution in [0.5, 0.6) is 11.5 Å². The molecule has 1 aliphatic heterocycles. The lowest BCUT2D eigenvalue weighted by Crippen LogP contribution is -2.31. The van der Waals surface area contributed by atoms with E-state index in [0.717, 1.165) is 22.2 Å². The van der Waals surface area contributed by atoms with Crippen LogP contribution in [0.1, 0.15) is 17.3 Å². The Balaban J connectivity index is 1.50. The minimum Gasteiger partial charge on any atom is -0.493 e. The number of nitrogens with one attached hydrogen (secondary N) is 1. The summed E-state index contributed by atoms with van der Waals surface area (Å²) in [5.74, 6) is 2.30. The highest BCUT2D eigenvalue weighted by Crippen LogP contribution is 2.36. The molecule has 0 bridgehead atoms. The highest BCUT2D eigenvalue weighted by atomic mass is 16.5. The lowest BCUT2D eigenvalue weighted by Gasteiger charge is -2.24. The Morgan fingerprint density at radius 3 is 2.63 bits per heavy atom. The van der Waals surface area contributed by atoms with Crippen LogP contribution in [-0.4, -0.2) is 22.6 Å². The lowest BCUT2D eigenvalue weighted by molar-refractivity contribution is 0.284. The number of nitrogens with two attached hydrogens (primary N) is 1. The average molecular weight is 399 g/mol. The number of hydrogen-bond donors (Lipinski definition) is 2. The predicted molar refractivity (Wildman–Crippen MR) is 117 cm³/mol. The molecule has 1 atom stereocenters. The van der Waals surface area contributed by atoms with Gasteiger partial charge >= 0.3 is 0 Å². The van der Waals surface area contributed by atoms with Crippen molar-refractivity contribution in [3.8, 4) is 11.5 Å². The van der Waals surface area contributed by atoms with Crippen molar-refractivity contribution in [3.05, 3.63) is 83.9 Å². The van der Waals surface area contributed by atoms with Gasteiger partial charge in [-0.3, -0.25) is 9.88 Å². The van der Waals surface area contributed by atoms with Crippen LogP contribution in [0.4, 0.5) is 5.95 Å². The van der Waals surface area contributed by atoms with Crippen molar-refractivity contribution in [2.75, 3.05) is 12.4 Å². The lowest BCUT2D eigenvalue weighted by atomic mass is 10.1. The second-order valence-electron chi connectivity index (χ2n) is 6.99. The Morgan fingerprint density at radius 2 is 1.80 bits per heavy atom. The van der Waals surface area contributed by atoms with Gasteiger partial charge in [-0.1, -0.05) is 48.5 Å². The van der Waals surface area contributed by atoms with E-state index < -0.39 is 0 Å². The van der Waals surface area contributed by atoms with Crippen LogP contribution < -0.4 is 20.5 Å². The van der Waals surface area contributed by atoms with Gasteiger partial charge in [0.15, 0.2) is 23.6 Å². The van der Waals surface area contributed by atoms with Crippen LogP contribution >= 0.6 is 0 Å². The van der Waals surface area contributed by atoms with E-state index in [1.807, 2.05) is 77.4 Å². The summed E-state index contributed by atoms with van der Waals surface area (Å²) in [5, 5.41) is 3.05. The molecular formula is C23H21N5O2. The number of benzene rings is 3. The van der Waals surface area contributed by atoms with E-state index in [1.165, 1.54) is 0 Å². The number of anilines is 1. The number of aromatic nitrogens is 2. The van der Waals surface area contributed by atoms with Crippen molar-refractivity contribution in [2.45, 2.75) is 12.8 Å². The normalized spacial score (nSPS) is 15.2. The molecule has 2 heterocycles. The van der Waals surface area contributed by atoms with Crippen molar-refractivity contribution in [1.82, 2.24) is 9.55 Å². The van der Waals surface area contributed by atoms with Crippen LogP contribution in [0.3, 0.4) is 0 Å². The summed E-state index contributed by atoms with van der Waals surface area (Å²) in [4.78, 5) is 9.26. The standard InChI is InChI=1S/C23H21N5O2/c1-29-20-13-16(11-12-19(20)30-14-15-7-3-2-4-8-15)21-26-22(24)27-23-25-17-9-5-6-10-18(17)28(21)23/h2-13,21H,14H2,1H3,(H3,24,25,26,27). The topological polar surface area (TPSA) is 86.7 Å². The summed E-state index contributed by atoms with van der Waals surface area (Å²) in [6.45, 7) is 0.464. The van der Waals surface area contributed by atoms with Crippen molar-refractivity contribution in [3.63, 3.8) is 0 Å². The molecular weight excluding hydrogens is 378 g/mol. The number of para-hydroxylation sites is 2. The van der Waals surface area contributed by atoms with Gasteiger partial charge in [0, 0.05) is 5.56 Å². The summed E-state index contributed by atoms with van der Waals surface area (Å²) >= 11 is 0. The molecule has 7 nitrogen and oxygen atoms in total. The molecule has 0 fully saturated rings. The number of aliphatic imine (C=N–C) groups is 1. The number of hydrogen-bond acceptors (Lipinski definition) is 6. The van der Waals surface area contributed by atoms with E-state index in [2.05, 4.69) is 15.3 Å². The van der Waals surface area contributed by atoms with Crippen LogP contribution in [0.25, 0.3) is 11.0 Å². The summed E-state index contributed by atoms with van der Waals surface area (Å²) < 4.78 is 13.6. The van der Waals surface area contributed by atoms with Gasteiger partial charge in [0.05, 0.1) is 18.1 Å². The third-order valence-corrected chi connectivity index (χ3v) is 5.06. The quantitative estimate of drug-likeness (QED) is 0.531. The first-order valence-electron chi connectivity index (χ1n) is 9.65. The fourth-order valence-electron chi connectivity index (χ4n) is 3.64. The number of guanidine groups is 1. The third-order valence-electron chi connectivity index (χ3n) is 5.06. The van der Waals surface area contributed by atoms with Gasteiger partial charge in [0.1, 0.15) is 6.61 Å². The molecule has 1 unspecified atom stereocenters. The van der Waals surface area contributed by atoms with Crippen molar-refractivity contribution < 1.29 is 9.47 Å². The van der Waals surface area contributed by atoms with Crippen LogP contribution in [-0.2, 0) is 6.61 Å². The zero-order valence-electron chi connectivity index (χ0n) is 16.4. The van der Waals surface area contributed by atoms with Gasteiger partial charge < -0.3 is 15.2 Å². The zero-order valence-corrected chi connectivity index (χ0v) is 16.4. The zero-order chi connectivity index (χ0) is 20.5. The molecule has 7 heteroatoms. The van der Waals surface area contributed by atoms with Gasteiger partial charge in [-0.05, 0) is 29.8 Å². The Hall–Kier alpha value is -4.00. The molecule has 0 radical (unpaired) electrons. The van der Waals surface area contributed by atoms with Gasteiger partial charge in [-0.25, -0.2) is 9.98 Å². The SMILES string of the molecule is COc1cc(C2N=C(N)Nc3nc4ccccc4n32)ccc1OCc1ccccc1. The molecule has 150 valence electrons. The van der Waals surface area contributed by atoms with Crippen molar-refractivity contribution in [2.24, 2.45) is 10.7 Å². The number of nitrogens with zero attached hydrogens (tertiary/aromatic N) is 3. The Kier molecular flexibility index (Phi) is 4.48. The maximum atomic E-state index is 6.04. The number of ether oxygens (including phenoxy) is 2. The van der Waals surface area contributed by atoms with Crippen LogP contribution in [0, 0.1) is 0 Å². The third kappa shape index (κ3) is 3.20. The summed E-state index contributed by atoms with van der Waals surface area (Å²) in [6, 6.07) is 23.8. The smallest absolute Gasteiger partial charge is 0.212 e. The molecule has 0 amide bonds. The van der Waals surface area contributed by atoms with Crippen LogP contribution in [0.2, 0.25) is 0 Å². The Bertz CT molecular complexity index is 1230. The first kappa shape index (κ1) is 18.1. The van der Waals surface area contributed by atoms with Gasteiger partial charge in [0.2, 0.25) is 5.95 Å². The minimum absolute atomic E-state index is 0.325. The second kappa shape index (κ2) is 7.44. The van der Waals surface area contributed by atoms with E-state index in [1.54, 1.807) is 7.11 Å². The maximum Gasteiger partial charge on any atom is 0.212 e. The molecule has 4 aromatic rings. The van der Waals surface area contributed by atoms with E-state index in [9.17, 15) is 0 Å². The monoisotopic (exact) mass is 399 g/mol. The van der Waals surface area contributed by atoms with Gasteiger partial charge in [0.25, 0.3) is 0 Å². The average Bonchev–Trinajstić information content (AvgIpc) is 3.16. The molecule has 0 aliphatic carbocycles. The highest BCUT2D eigenvalue weighted by molar-refractivity contribution is 5.94. The van der Waals surface area contributed by atoms with Crippen molar-refractivity contribution in [1.29, 1.82) is 0 Å². The van der Waals surface area contributed by atoms with Gasteiger partial charge in [-0.15, -0.1) is 0 Å². The number of fused-ring (bicyclic) bond motifs is 3. The number of rotatable bonds is 5. The maximum absolute atomic E-state index is 6.04. The number of methoxy groups -OCH3 is 1. The fraction of sp³-hybridized carbons (Fsp3) is 0.130. The molecule has 30 heavy (non-hydrogen) atoms. The Labute approximate surface area is 173 Å². The Morgan fingerprint density at radius 1 is 1.00 bits per heavy atom. The summed E-state index contributed by atoms with van der Waals surface area (Å²) in [6.07, 6.45) is -0.356. The molecule has 0 saturated carbocycles. The molecule has 5 rings (SSSR count). The molecule has 0 saturated heterocycles. The second-order valence-corrected chi connectivity index (χ2v) is 6.99. The van der Waals surface area contributed by atoms with E-state index >= 15 is 0 Å². The largest absolute Gasteiger partial charge is 0.493 e. The van der Waals surface area contributed by atoms with E-state index in [-0.39, 0.29) is 6.17 Å². The minimum atomic E-state index is -0.356. The molecule has 3 aromatic carbocycles. The van der Waals surface area contributed by atoms with Crippen molar-refractivity contribution >= 4 is 22.9 Å². The van der Waals surface area contributed by atoms with Gasteiger partial charge in [-0.2, -0.15) is 0 Å². The molecule has 0 spiro atoms. The highest BCUT2D eigenvalue weighted by Gasteiger charge is 2.25. The van der Waals surface area contributed by atoms with Crippen LogP contribution in [0.15, 0.2) is 77.8 Å². The van der Waals surface area contributed by atoms with E-state index in [4.69, 9.17) is 15.2 Å². The molecule has 1 aromatic heterocycles. The first-order valence-corrected chi connectivity index (χ1v) is 9.65. The molecule has 3 N–H and O–H groups in total. The predicted octanol–water partition coefficient (Wildman–Crippen LogP) is 3.91. The van der Waals surface area contributed by atoms with E-state index in [0.29, 0.717) is 30.0 Å². The summed E-state index contributed by atoms with van der Waals surface area (Å²) in [7, 11) is 1.63. The molecule has 1 aliphatic rings. The fourth-order valence-corrected chi connectivity index (χ4v) is 3.64. The summed E-state index contributed by atoms with van der Waals surface area (Å²) in [5.41, 5.74) is 9.91. The first-order chi connectivity index (χ1) is 14.7. The number of imidazole rings is 1.